The van der Waals surface area contributed by atoms with Crippen molar-refractivity contribution >= 4 is 35.0 Å². The predicted molar refractivity (Wildman–Crippen MR) is 166 cm³/mol. The van der Waals surface area contributed by atoms with Gasteiger partial charge < -0.3 is 25.0 Å². The van der Waals surface area contributed by atoms with Crippen LogP contribution in [0.25, 0.3) is 0 Å². The van der Waals surface area contributed by atoms with Crippen LogP contribution in [0.3, 0.4) is 0 Å². The molecule has 8 nitrogen and oxygen atoms in total. The lowest BCUT2D eigenvalue weighted by atomic mass is 9.74. The standard InChI is InChI=1S/C35H34ClN3O5/c36-27-14-8-7-9-22(27)21-39-31(33(41)38-23-10-3-1-4-11-23)35-20-19-28(44-35)29(30(35)34(39)42)32(40)37-24-15-17-26(18-16-24)43-25-12-5-2-6-13-25/h2,5-9,12-20,23,28-31H,1,3-4,10-11,21H2,(H,37,40)(H,38,41)/t28-,29?,30-,31?,35?/m1/s1. The quantitative estimate of drug-likeness (QED) is 0.311. The van der Waals surface area contributed by atoms with Gasteiger partial charge in [0.25, 0.3) is 0 Å². The Morgan fingerprint density at radius 2 is 1.61 bits per heavy atom. The van der Waals surface area contributed by atoms with Crippen molar-refractivity contribution < 1.29 is 23.9 Å². The van der Waals surface area contributed by atoms with Gasteiger partial charge in [0.2, 0.25) is 17.7 Å². The SMILES string of the molecule is O=C(Nc1ccc(Oc2ccccc2)cc1)C1[C@H]2C=CC3(O2)C(C(=O)NC2CCCCC2)N(Cc2ccccc2Cl)C(=O)[C@@H]13. The zero-order chi connectivity index (χ0) is 30.3. The van der Waals surface area contributed by atoms with E-state index in [0.717, 1.165) is 37.7 Å². The third-order valence-corrected chi connectivity index (χ3v) is 9.64. The molecule has 3 amide bonds. The maximum atomic E-state index is 14.3. The first-order chi connectivity index (χ1) is 21.4. The monoisotopic (exact) mass is 611 g/mol. The highest BCUT2D eigenvalue weighted by Gasteiger charge is 2.72. The van der Waals surface area contributed by atoms with E-state index in [9.17, 15) is 14.4 Å². The van der Waals surface area contributed by atoms with Gasteiger partial charge in [-0.25, -0.2) is 0 Å². The van der Waals surface area contributed by atoms with Crippen molar-refractivity contribution in [3.05, 3.63) is 102 Å². The van der Waals surface area contributed by atoms with E-state index in [2.05, 4.69) is 10.6 Å². The van der Waals surface area contributed by atoms with Gasteiger partial charge in [0.05, 0.1) is 17.9 Å². The van der Waals surface area contributed by atoms with E-state index in [1.807, 2.05) is 60.7 Å². The van der Waals surface area contributed by atoms with Gasteiger partial charge in [-0.2, -0.15) is 0 Å². The maximum absolute atomic E-state index is 14.3. The molecule has 5 atom stereocenters. The van der Waals surface area contributed by atoms with Crippen LogP contribution in [0, 0.1) is 11.8 Å². The second-order valence-corrected chi connectivity index (χ2v) is 12.4. The summed E-state index contributed by atoms with van der Waals surface area (Å²) in [7, 11) is 0. The van der Waals surface area contributed by atoms with Crippen LogP contribution in [-0.4, -0.2) is 46.4 Å². The average molecular weight is 612 g/mol. The van der Waals surface area contributed by atoms with Crippen LogP contribution in [0.5, 0.6) is 11.5 Å². The second-order valence-electron chi connectivity index (χ2n) is 12.0. The molecule has 44 heavy (non-hydrogen) atoms. The summed E-state index contributed by atoms with van der Waals surface area (Å²) < 4.78 is 12.4. The van der Waals surface area contributed by atoms with Crippen molar-refractivity contribution in [2.45, 2.75) is 62.4 Å². The molecule has 2 bridgehead atoms. The molecule has 3 unspecified atom stereocenters. The van der Waals surface area contributed by atoms with E-state index in [0.29, 0.717) is 22.2 Å². The molecule has 226 valence electrons. The van der Waals surface area contributed by atoms with E-state index >= 15 is 0 Å². The zero-order valence-corrected chi connectivity index (χ0v) is 24.9. The Hall–Kier alpha value is -4.14. The van der Waals surface area contributed by atoms with E-state index in [1.165, 1.54) is 0 Å². The summed E-state index contributed by atoms with van der Waals surface area (Å²) in [4.78, 5) is 43.7. The van der Waals surface area contributed by atoms with Crippen LogP contribution in [0.4, 0.5) is 5.69 Å². The van der Waals surface area contributed by atoms with Crippen LogP contribution in [-0.2, 0) is 25.7 Å². The highest BCUT2D eigenvalue weighted by Crippen LogP contribution is 2.55. The van der Waals surface area contributed by atoms with Crippen LogP contribution >= 0.6 is 11.6 Å². The van der Waals surface area contributed by atoms with Gasteiger partial charge >= 0.3 is 0 Å². The molecule has 0 aromatic heterocycles. The van der Waals surface area contributed by atoms with Gasteiger partial charge in [0, 0.05) is 23.3 Å². The smallest absolute Gasteiger partial charge is 0.246 e. The molecule has 3 aromatic carbocycles. The normalized spacial score (nSPS) is 27.3. The fourth-order valence-electron chi connectivity index (χ4n) is 7.23. The number of anilines is 1. The Kier molecular flexibility index (Phi) is 7.64. The number of carbonyl (C=O) groups excluding carboxylic acids is 3. The molecule has 0 radical (unpaired) electrons. The van der Waals surface area contributed by atoms with Crippen LogP contribution in [0.2, 0.25) is 5.02 Å². The second kappa shape index (κ2) is 11.7. The van der Waals surface area contributed by atoms with Gasteiger partial charge in [0.15, 0.2) is 0 Å². The highest BCUT2D eigenvalue weighted by atomic mass is 35.5. The van der Waals surface area contributed by atoms with Crippen molar-refractivity contribution in [3.8, 4) is 11.5 Å². The summed E-state index contributed by atoms with van der Waals surface area (Å²) in [5.41, 5.74) is 0.0600. The molecule has 2 N–H and O–H groups in total. The number of carbonyl (C=O) groups is 3. The lowest BCUT2D eigenvalue weighted by Gasteiger charge is -2.34. The molecule has 9 heteroatoms. The third kappa shape index (κ3) is 5.16. The van der Waals surface area contributed by atoms with Crippen molar-refractivity contribution in [1.82, 2.24) is 10.2 Å². The third-order valence-electron chi connectivity index (χ3n) is 9.28. The number of nitrogens with one attached hydrogen (secondary N) is 2. The predicted octanol–water partition coefficient (Wildman–Crippen LogP) is 5.87. The minimum absolute atomic E-state index is 0.0551. The number of likely N-dealkylation sites (tertiary alicyclic amines) is 1. The highest BCUT2D eigenvalue weighted by molar-refractivity contribution is 6.31. The van der Waals surface area contributed by atoms with Crippen molar-refractivity contribution in [2.24, 2.45) is 11.8 Å². The summed E-state index contributed by atoms with van der Waals surface area (Å²) in [5, 5.41) is 6.70. The number of amides is 3. The fourth-order valence-corrected chi connectivity index (χ4v) is 7.43. The Morgan fingerprint density at radius 1 is 0.909 bits per heavy atom. The van der Waals surface area contributed by atoms with E-state index in [1.54, 1.807) is 35.2 Å². The first-order valence-corrected chi connectivity index (χ1v) is 15.7. The molecule has 1 aliphatic carbocycles. The number of benzene rings is 3. The molecule has 3 aliphatic heterocycles. The topological polar surface area (TPSA) is 97.0 Å². The number of fused-ring (bicyclic) bond motifs is 1. The molecule has 3 heterocycles. The summed E-state index contributed by atoms with van der Waals surface area (Å²) >= 11 is 6.50. The average Bonchev–Trinajstić information content (AvgIpc) is 3.68. The summed E-state index contributed by atoms with van der Waals surface area (Å²) in [5.74, 6) is -1.16. The summed E-state index contributed by atoms with van der Waals surface area (Å²) in [6.07, 6.45) is 8.14. The fraction of sp³-hybridized carbons (Fsp3) is 0.343. The van der Waals surface area contributed by atoms with E-state index < -0.39 is 29.6 Å². The Labute approximate surface area is 261 Å². The lowest BCUT2D eigenvalue weighted by molar-refractivity contribution is -0.142. The Bertz CT molecular complexity index is 1590. The Morgan fingerprint density at radius 3 is 2.36 bits per heavy atom. The van der Waals surface area contributed by atoms with Crippen molar-refractivity contribution in [1.29, 1.82) is 0 Å². The minimum atomic E-state index is -1.24. The molecule has 1 saturated carbocycles. The van der Waals surface area contributed by atoms with Crippen molar-refractivity contribution in [2.75, 3.05) is 5.32 Å². The molecule has 4 aliphatic rings. The number of hydrogen-bond acceptors (Lipinski definition) is 5. The minimum Gasteiger partial charge on any atom is -0.457 e. The number of hydrogen-bond donors (Lipinski definition) is 2. The molecule has 3 aromatic rings. The maximum Gasteiger partial charge on any atom is 0.246 e. The number of ether oxygens (including phenoxy) is 2. The van der Waals surface area contributed by atoms with Crippen LogP contribution < -0.4 is 15.4 Å². The van der Waals surface area contributed by atoms with Gasteiger partial charge in [-0.3, -0.25) is 14.4 Å². The van der Waals surface area contributed by atoms with Crippen LogP contribution in [0.15, 0.2) is 91.0 Å². The first-order valence-electron chi connectivity index (χ1n) is 15.3. The van der Waals surface area contributed by atoms with E-state index in [4.69, 9.17) is 21.1 Å². The van der Waals surface area contributed by atoms with Gasteiger partial charge in [0.1, 0.15) is 23.1 Å². The zero-order valence-electron chi connectivity index (χ0n) is 24.2. The number of rotatable bonds is 8. The molecular formula is C35H34ClN3O5. The number of nitrogens with zero attached hydrogens (tertiary/aromatic N) is 1. The first kappa shape index (κ1) is 28.6. The Balaban J connectivity index is 1.14. The lowest BCUT2D eigenvalue weighted by Crippen LogP contribution is -2.56. The molecule has 2 saturated heterocycles. The summed E-state index contributed by atoms with van der Waals surface area (Å²) in [6, 6.07) is 22.9. The summed E-state index contributed by atoms with van der Waals surface area (Å²) in [6.45, 7) is 0.137. The van der Waals surface area contributed by atoms with E-state index in [-0.39, 0.29) is 30.3 Å². The van der Waals surface area contributed by atoms with Crippen LogP contribution in [0.1, 0.15) is 37.7 Å². The molecule has 7 rings (SSSR count). The molecule has 3 fully saturated rings. The molecule has 1 spiro atoms. The van der Waals surface area contributed by atoms with Crippen molar-refractivity contribution in [3.63, 3.8) is 0 Å². The molecular weight excluding hydrogens is 578 g/mol. The number of para-hydroxylation sites is 1. The van der Waals surface area contributed by atoms with Gasteiger partial charge in [-0.05, 0) is 60.9 Å². The number of halogens is 1. The van der Waals surface area contributed by atoms with Gasteiger partial charge in [-0.1, -0.05) is 79.4 Å². The van der Waals surface area contributed by atoms with Gasteiger partial charge in [-0.15, -0.1) is 0 Å². The largest absolute Gasteiger partial charge is 0.457 e.